The smallest absolute Gasteiger partial charge is 0.354 e. The lowest BCUT2D eigenvalue weighted by atomic mass is 9.86. The molecule has 2 aliphatic rings. The molecule has 4 rings (SSSR count). The molecule has 27 heavy (non-hydrogen) atoms. The van der Waals surface area contributed by atoms with Gasteiger partial charge in [-0.2, -0.15) is 22.7 Å². The van der Waals surface area contributed by atoms with Gasteiger partial charge in [-0.25, -0.2) is 4.98 Å². The van der Waals surface area contributed by atoms with E-state index in [0.29, 0.717) is 17.6 Å². The summed E-state index contributed by atoms with van der Waals surface area (Å²) < 4.78 is 40.2. The molecule has 9 heteroatoms. The molecule has 3 heterocycles. The second-order valence-electron chi connectivity index (χ2n) is 7.84. The van der Waals surface area contributed by atoms with Gasteiger partial charge in [0.05, 0.1) is 0 Å². The van der Waals surface area contributed by atoms with Crippen LogP contribution in [0.25, 0.3) is 5.78 Å². The first-order chi connectivity index (χ1) is 12.8. The van der Waals surface area contributed by atoms with Crippen LogP contribution >= 0.6 is 0 Å². The lowest BCUT2D eigenvalue weighted by molar-refractivity contribution is -0.144. The van der Waals surface area contributed by atoms with Crippen molar-refractivity contribution >= 4 is 11.6 Å². The number of anilines is 1. The predicted octanol–water partition coefficient (Wildman–Crippen LogP) is 3.15. The molecule has 0 atom stereocenters. The van der Waals surface area contributed by atoms with Crippen LogP contribution < -0.4 is 4.90 Å². The van der Waals surface area contributed by atoms with Gasteiger partial charge < -0.3 is 4.90 Å². The molecule has 2 aromatic rings. The number of hydrogen-bond donors (Lipinski definition) is 0. The van der Waals surface area contributed by atoms with Gasteiger partial charge in [0.2, 0.25) is 0 Å². The number of aromatic nitrogens is 4. The van der Waals surface area contributed by atoms with Crippen LogP contribution in [-0.4, -0.2) is 56.7 Å². The van der Waals surface area contributed by atoms with Gasteiger partial charge in [0.25, 0.3) is 11.6 Å². The molecule has 1 saturated carbocycles. The Balaban J connectivity index is 1.52. The minimum atomic E-state index is -4.57. The fraction of sp³-hybridized carbons (Fsp3) is 0.722. The van der Waals surface area contributed by atoms with E-state index < -0.39 is 12.0 Å². The molecular formula is C18H25F3N6. The lowest BCUT2D eigenvalue weighted by Gasteiger charge is -2.42. The van der Waals surface area contributed by atoms with E-state index in [2.05, 4.69) is 31.8 Å². The van der Waals surface area contributed by atoms with E-state index >= 15 is 0 Å². The standard InChI is InChI=1S/C18H25F3N6/c1-12-3-5-14(6-4-12)25-7-9-26(10-8-25)15-11-13(2)22-17-23-16(18(19,20)21)24-27(15)17/h11-12,14H,3-10H2,1-2H3. The van der Waals surface area contributed by atoms with E-state index in [1.165, 1.54) is 30.2 Å². The molecule has 0 bridgehead atoms. The highest BCUT2D eigenvalue weighted by molar-refractivity contribution is 5.48. The minimum absolute atomic E-state index is 0.000947. The van der Waals surface area contributed by atoms with Gasteiger partial charge in [-0.1, -0.05) is 6.92 Å². The number of fused-ring (bicyclic) bond motifs is 1. The molecule has 0 amide bonds. The summed E-state index contributed by atoms with van der Waals surface area (Å²) in [5.74, 6) is 0.320. The Morgan fingerprint density at radius 2 is 1.67 bits per heavy atom. The van der Waals surface area contributed by atoms with Crippen molar-refractivity contribution < 1.29 is 13.2 Å². The van der Waals surface area contributed by atoms with Gasteiger partial charge in [-0.15, -0.1) is 5.10 Å². The lowest BCUT2D eigenvalue weighted by Crippen LogP contribution is -2.51. The molecule has 0 unspecified atom stereocenters. The van der Waals surface area contributed by atoms with Crippen molar-refractivity contribution in [3.8, 4) is 0 Å². The van der Waals surface area contributed by atoms with E-state index in [4.69, 9.17) is 0 Å². The Labute approximate surface area is 156 Å². The third-order valence-corrected chi connectivity index (χ3v) is 5.81. The molecule has 6 nitrogen and oxygen atoms in total. The highest BCUT2D eigenvalue weighted by atomic mass is 19.4. The summed E-state index contributed by atoms with van der Waals surface area (Å²) in [6.07, 6.45) is 0.494. The van der Waals surface area contributed by atoms with Crippen molar-refractivity contribution in [3.63, 3.8) is 0 Å². The minimum Gasteiger partial charge on any atom is -0.354 e. The van der Waals surface area contributed by atoms with Crippen LogP contribution in [0.3, 0.4) is 0 Å². The van der Waals surface area contributed by atoms with Crippen molar-refractivity contribution in [1.82, 2.24) is 24.5 Å². The van der Waals surface area contributed by atoms with Crippen LogP contribution in [0.1, 0.15) is 44.1 Å². The van der Waals surface area contributed by atoms with E-state index in [-0.39, 0.29) is 5.78 Å². The van der Waals surface area contributed by atoms with Crippen LogP contribution in [0.5, 0.6) is 0 Å². The van der Waals surface area contributed by atoms with Crippen LogP contribution in [0.4, 0.5) is 19.0 Å². The summed E-state index contributed by atoms with van der Waals surface area (Å²) in [6.45, 7) is 7.46. The number of hydrogen-bond acceptors (Lipinski definition) is 5. The topological polar surface area (TPSA) is 49.6 Å². The average Bonchev–Trinajstić information content (AvgIpc) is 3.06. The van der Waals surface area contributed by atoms with Gasteiger partial charge in [-0.05, 0) is 38.5 Å². The molecule has 148 valence electrons. The maximum Gasteiger partial charge on any atom is 0.453 e. The Morgan fingerprint density at radius 3 is 2.30 bits per heavy atom. The largest absolute Gasteiger partial charge is 0.453 e. The fourth-order valence-corrected chi connectivity index (χ4v) is 4.24. The first-order valence-corrected chi connectivity index (χ1v) is 9.62. The Hall–Kier alpha value is -1.90. The van der Waals surface area contributed by atoms with E-state index in [1.54, 1.807) is 13.0 Å². The van der Waals surface area contributed by atoms with E-state index in [9.17, 15) is 13.2 Å². The zero-order chi connectivity index (χ0) is 19.2. The van der Waals surface area contributed by atoms with Gasteiger partial charge >= 0.3 is 6.18 Å². The van der Waals surface area contributed by atoms with Crippen LogP contribution in [0.2, 0.25) is 0 Å². The van der Waals surface area contributed by atoms with Gasteiger partial charge in [0, 0.05) is 44.0 Å². The van der Waals surface area contributed by atoms with Gasteiger partial charge in [0.1, 0.15) is 5.82 Å². The monoisotopic (exact) mass is 382 g/mol. The maximum atomic E-state index is 13.0. The van der Waals surface area contributed by atoms with Crippen molar-refractivity contribution in [1.29, 1.82) is 0 Å². The van der Waals surface area contributed by atoms with Crippen LogP contribution in [-0.2, 0) is 6.18 Å². The molecular weight excluding hydrogens is 357 g/mol. The molecule has 2 fully saturated rings. The zero-order valence-electron chi connectivity index (χ0n) is 15.7. The third kappa shape index (κ3) is 3.74. The number of nitrogens with zero attached hydrogens (tertiary/aromatic N) is 6. The quantitative estimate of drug-likeness (QED) is 0.799. The summed E-state index contributed by atoms with van der Waals surface area (Å²) in [7, 11) is 0. The predicted molar refractivity (Wildman–Crippen MR) is 95.7 cm³/mol. The SMILES string of the molecule is Cc1cc(N2CCN(C3CCC(C)CC3)CC2)n2nc(C(F)(F)F)nc2n1. The van der Waals surface area contributed by atoms with Crippen LogP contribution in [0, 0.1) is 12.8 Å². The summed E-state index contributed by atoms with van der Waals surface area (Å²) in [5, 5.41) is 3.68. The maximum absolute atomic E-state index is 13.0. The molecule has 1 saturated heterocycles. The second-order valence-corrected chi connectivity index (χ2v) is 7.84. The number of aryl methyl sites for hydroxylation is 1. The molecule has 1 aliphatic heterocycles. The molecule has 0 spiro atoms. The summed E-state index contributed by atoms with van der Waals surface area (Å²) in [5.41, 5.74) is 0.641. The summed E-state index contributed by atoms with van der Waals surface area (Å²) in [4.78, 5) is 12.3. The van der Waals surface area contributed by atoms with Crippen LogP contribution in [0.15, 0.2) is 6.07 Å². The molecule has 1 aliphatic carbocycles. The normalized spacial score (nSPS) is 25.3. The second kappa shape index (κ2) is 6.92. The first-order valence-electron chi connectivity index (χ1n) is 9.62. The Morgan fingerprint density at radius 1 is 1.00 bits per heavy atom. The van der Waals surface area contributed by atoms with Crippen molar-refractivity contribution in [3.05, 3.63) is 17.6 Å². The Kier molecular flexibility index (Phi) is 4.73. The molecule has 0 N–H and O–H groups in total. The summed E-state index contributed by atoms with van der Waals surface area (Å²) in [6, 6.07) is 2.44. The van der Waals surface area contributed by atoms with Gasteiger partial charge in [-0.3, -0.25) is 4.90 Å². The first kappa shape index (κ1) is 18.5. The van der Waals surface area contributed by atoms with E-state index in [0.717, 1.165) is 32.1 Å². The highest BCUT2D eigenvalue weighted by Gasteiger charge is 2.37. The number of alkyl halides is 3. The van der Waals surface area contributed by atoms with Crippen molar-refractivity contribution in [2.24, 2.45) is 5.92 Å². The van der Waals surface area contributed by atoms with Gasteiger partial charge in [0.15, 0.2) is 0 Å². The summed E-state index contributed by atoms with van der Waals surface area (Å²) >= 11 is 0. The molecule has 0 radical (unpaired) electrons. The van der Waals surface area contributed by atoms with Crippen molar-refractivity contribution in [2.45, 2.75) is 51.7 Å². The Bertz CT molecular complexity index is 801. The average molecular weight is 382 g/mol. The van der Waals surface area contributed by atoms with E-state index in [1.807, 2.05) is 0 Å². The number of halogens is 3. The highest BCUT2D eigenvalue weighted by Crippen LogP contribution is 2.30. The molecule has 2 aromatic heterocycles. The fourth-order valence-electron chi connectivity index (χ4n) is 4.24. The molecule has 0 aromatic carbocycles. The number of piperazine rings is 1. The van der Waals surface area contributed by atoms with Crippen molar-refractivity contribution in [2.75, 3.05) is 31.1 Å². The number of rotatable bonds is 2. The third-order valence-electron chi connectivity index (χ3n) is 5.81. The zero-order valence-corrected chi connectivity index (χ0v) is 15.7.